The van der Waals surface area contributed by atoms with Crippen molar-refractivity contribution in [2.24, 2.45) is 0 Å². The molecule has 1 atom stereocenters. The van der Waals surface area contributed by atoms with E-state index in [2.05, 4.69) is 0 Å². The first-order valence-corrected chi connectivity index (χ1v) is 8.89. The number of aliphatic hydroxyl groups excluding tert-OH is 1. The van der Waals surface area contributed by atoms with Crippen LogP contribution in [0.3, 0.4) is 0 Å². The number of hydrogen-bond donors (Lipinski definition) is 1. The number of Topliss-reactive ketones (excluding diaryl/α,β-unsaturated/α-hetero) is 1. The van der Waals surface area contributed by atoms with Crippen LogP contribution in [0.25, 0.3) is 5.76 Å². The van der Waals surface area contributed by atoms with Gasteiger partial charge in [-0.3, -0.25) is 19.7 Å². The number of carbonyl (C=O) groups excluding carboxylic acids is 2. The Labute approximate surface area is 158 Å². The standard InChI is InChI=1S/C18H16N2O6S/c1-26-8-7-19-15(13-6-3-9-27-13)14(17(22)18(19)23)16(21)11-4-2-5-12(10-11)20(24)25/h2-6,9-10,15,21H,7-8H2,1H3/b16-14-. The molecule has 1 fully saturated rings. The molecule has 1 aliphatic heterocycles. The summed E-state index contributed by atoms with van der Waals surface area (Å²) < 4.78 is 5.02. The number of likely N-dealkylation sites (tertiary alicyclic amines) is 1. The van der Waals surface area contributed by atoms with Crippen molar-refractivity contribution in [3.05, 3.63) is 67.9 Å². The van der Waals surface area contributed by atoms with Crippen LogP contribution in [0.2, 0.25) is 0 Å². The maximum Gasteiger partial charge on any atom is 0.295 e. The van der Waals surface area contributed by atoms with Crippen molar-refractivity contribution < 1.29 is 24.4 Å². The summed E-state index contributed by atoms with van der Waals surface area (Å²) in [5.74, 6) is -2.00. The highest BCUT2D eigenvalue weighted by atomic mass is 32.1. The van der Waals surface area contributed by atoms with E-state index in [-0.39, 0.29) is 30.0 Å². The number of hydrogen-bond acceptors (Lipinski definition) is 7. The first-order chi connectivity index (χ1) is 13.0. The highest BCUT2D eigenvalue weighted by Crippen LogP contribution is 2.41. The summed E-state index contributed by atoms with van der Waals surface area (Å²) in [6.45, 7) is 0.404. The lowest BCUT2D eigenvalue weighted by molar-refractivity contribution is -0.384. The molecule has 3 rings (SSSR count). The molecule has 0 bridgehead atoms. The number of thiophene rings is 1. The maximum atomic E-state index is 12.6. The van der Waals surface area contributed by atoms with E-state index >= 15 is 0 Å². The summed E-state index contributed by atoms with van der Waals surface area (Å²) in [6, 6.07) is 8.10. The van der Waals surface area contributed by atoms with Crippen molar-refractivity contribution in [3.63, 3.8) is 0 Å². The molecule has 1 N–H and O–H groups in total. The summed E-state index contributed by atoms with van der Waals surface area (Å²) in [6.07, 6.45) is 0. The topological polar surface area (TPSA) is 110 Å². The molecule has 140 valence electrons. The van der Waals surface area contributed by atoms with E-state index in [0.717, 1.165) is 0 Å². The number of nitro groups is 1. The molecule has 0 aliphatic carbocycles. The van der Waals surface area contributed by atoms with Crippen LogP contribution >= 0.6 is 11.3 Å². The van der Waals surface area contributed by atoms with Gasteiger partial charge < -0.3 is 14.7 Å². The molecular formula is C18H16N2O6S. The fourth-order valence-electron chi connectivity index (χ4n) is 2.97. The first-order valence-electron chi connectivity index (χ1n) is 8.01. The Morgan fingerprint density at radius 1 is 1.33 bits per heavy atom. The molecule has 2 aromatic rings. The van der Waals surface area contributed by atoms with Gasteiger partial charge in [0.25, 0.3) is 17.4 Å². The van der Waals surface area contributed by atoms with Crippen molar-refractivity contribution in [1.82, 2.24) is 4.90 Å². The number of non-ortho nitro benzene ring substituents is 1. The molecule has 27 heavy (non-hydrogen) atoms. The number of aliphatic hydroxyl groups is 1. The van der Waals surface area contributed by atoms with Crippen LogP contribution in [-0.2, 0) is 14.3 Å². The number of nitrogens with zero attached hydrogens (tertiary/aromatic N) is 2. The second kappa shape index (κ2) is 7.68. The van der Waals surface area contributed by atoms with Gasteiger partial charge in [0, 0.05) is 36.2 Å². The predicted molar refractivity (Wildman–Crippen MR) is 98.3 cm³/mol. The number of methoxy groups -OCH3 is 1. The monoisotopic (exact) mass is 388 g/mol. The molecule has 1 amide bonds. The molecular weight excluding hydrogens is 372 g/mol. The average Bonchev–Trinajstić information content (AvgIpc) is 3.27. The Bertz CT molecular complexity index is 922. The van der Waals surface area contributed by atoms with Gasteiger partial charge >= 0.3 is 0 Å². The van der Waals surface area contributed by atoms with E-state index in [1.807, 2.05) is 0 Å². The van der Waals surface area contributed by atoms with E-state index in [4.69, 9.17) is 4.74 Å². The van der Waals surface area contributed by atoms with E-state index in [1.165, 1.54) is 47.6 Å². The maximum absolute atomic E-state index is 12.6. The molecule has 1 saturated heterocycles. The minimum atomic E-state index is -0.825. The molecule has 0 saturated carbocycles. The van der Waals surface area contributed by atoms with Crippen LogP contribution in [0.5, 0.6) is 0 Å². The first kappa shape index (κ1) is 18.7. The number of ketones is 1. The number of carbonyl (C=O) groups is 2. The fourth-order valence-corrected chi connectivity index (χ4v) is 3.81. The van der Waals surface area contributed by atoms with E-state index in [1.54, 1.807) is 17.5 Å². The van der Waals surface area contributed by atoms with Gasteiger partial charge in [-0.05, 0) is 11.4 Å². The lowest BCUT2D eigenvalue weighted by Crippen LogP contribution is -2.32. The summed E-state index contributed by atoms with van der Waals surface area (Å²) in [7, 11) is 1.49. The van der Waals surface area contributed by atoms with Crippen molar-refractivity contribution in [2.75, 3.05) is 20.3 Å². The summed E-state index contributed by atoms with van der Waals surface area (Å²) in [4.78, 5) is 37.6. The zero-order valence-electron chi connectivity index (χ0n) is 14.3. The van der Waals surface area contributed by atoms with Gasteiger partial charge in [0.2, 0.25) is 0 Å². The van der Waals surface area contributed by atoms with Gasteiger partial charge in [0.1, 0.15) is 5.76 Å². The smallest absolute Gasteiger partial charge is 0.295 e. The molecule has 8 nitrogen and oxygen atoms in total. The molecule has 1 aliphatic rings. The van der Waals surface area contributed by atoms with Crippen molar-refractivity contribution >= 4 is 34.5 Å². The Balaban J connectivity index is 2.14. The quantitative estimate of drug-likeness (QED) is 0.268. The SMILES string of the molecule is COCCN1C(=O)C(=O)/C(=C(\O)c2cccc([N+](=O)[O-])c2)C1c1cccs1. The van der Waals surface area contributed by atoms with Gasteiger partial charge in [-0.1, -0.05) is 18.2 Å². The lowest BCUT2D eigenvalue weighted by Gasteiger charge is -2.23. The molecule has 1 unspecified atom stereocenters. The summed E-state index contributed by atoms with van der Waals surface area (Å²) >= 11 is 1.35. The number of nitro benzene ring substituents is 1. The van der Waals surface area contributed by atoms with Crippen molar-refractivity contribution in [2.45, 2.75) is 6.04 Å². The highest BCUT2D eigenvalue weighted by Gasteiger charge is 2.46. The van der Waals surface area contributed by atoms with Gasteiger partial charge in [0.15, 0.2) is 0 Å². The van der Waals surface area contributed by atoms with Crippen LogP contribution in [0, 0.1) is 10.1 Å². The van der Waals surface area contributed by atoms with E-state index in [0.29, 0.717) is 4.88 Å². The third kappa shape index (κ3) is 3.46. The van der Waals surface area contributed by atoms with Crippen LogP contribution in [0.1, 0.15) is 16.5 Å². The number of amides is 1. The lowest BCUT2D eigenvalue weighted by atomic mass is 9.99. The van der Waals surface area contributed by atoms with E-state index in [9.17, 15) is 24.8 Å². The number of benzene rings is 1. The zero-order valence-corrected chi connectivity index (χ0v) is 15.1. The highest BCUT2D eigenvalue weighted by molar-refractivity contribution is 7.10. The third-order valence-corrected chi connectivity index (χ3v) is 5.14. The number of rotatable bonds is 6. The molecule has 1 aromatic heterocycles. The van der Waals surface area contributed by atoms with Crippen molar-refractivity contribution in [1.29, 1.82) is 0 Å². The van der Waals surface area contributed by atoms with Gasteiger partial charge in [-0.25, -0.2) is 0 Å². The van der Waals surface area contributed by atoms with Gasteiger partial charge in [0.05, 0.1) is 23.1 Å². The largest absolute Gasteiger partial charge is 0.507 e. The Kier molecular flexibility index (Phi) is 5.33. The van der Waals surface area contributed by atoms with Crippen molar-refractivity contribution in [3.8, 4) is 0 Å². The van der Waals surface area contributed by atoms with Gasteiger partial charge in [-0.2, -0.15) is 0 Å². The third-order valence-electron chi connectivity index (χ3n) is 4.22. The fraction of sp³-hybridized carbons (Fsp3) is 0.222. The number of ether oxygens (including phenoxy) is 1. The minimum Gasteiger partial charge on any atom is -0.507 e. The Hall–Kier alpha value is -3.04. The minimum absolute atomic E-state index is 0.0842. The summed E-state index contributed by atoms with van der Waals surface area (Å²) in [5.41, 5.74) is -0.199. The molecule has 2 heterocycles. The van der Waals surface area contributed by atoms with Crippen LogP contribution in [-0.4, -0.2) is 46.9 Å². The Morgan fingerprint density at radius 2 is 2.11 bits per heavy atom. The zero-order chi connectivity index (χ0) is 19.6. The Morgan fingerprint density at radius 3 is 2.74 bits per heavy atom. The van der Waals surface area contributed by atoms with Crippen LogP contribution in [0.15, 0.2) is 47.4 Å². The predicted octanol–water partition coefficient (Wildman–Crippen LogP) is 2.72. The van der Waals surface area contributed by atoms with E-state index < -0.39 is 28.4 Å². The molecule has 0 spiro atoms. The van der Waals surface area contributed by atoms with Crippen LogP contribution in [0.4, 0.5) is 5.69 Å². The second-order valence-electron chi connectivity index (χ2n) is 5.81. The van der Waals surface area contributed by atoms with Crippen LogP contribution < -0.4 is 0 Å². The molecule has 1 aromatic carbocycles. The molecule has 9 heteroatoms. The molecule has 0 radical (unpaired) electrons. The second-order valence-corrected chi connectivity index (χ2v) is 6.79. The average molecular weight is 388 g/mol. The summed E-state index contributed by atoms with van der Waals surface area (Å²) in [5, 5.41) is 23.6. The normalized spacial score (nSPS) is 18.9. The van der Waals surface area contributed by atoms with Gasteiger partial charge in [-0.15, -0.1) is 11.3 Å².